The third-order valence-electron chi connectivity index (χ3n) is 3.66. The lowest BCUT2D eigenvalue weighted by Gasteiger charge is -2.15. The molecule has 134 valence electrons. The van der Waals surface area contributed by atoms with Crippen LogP contribution in [0.25, 0.3) is 0 Å². The summed E-state index contributed by atoms with van der Waals surface area (Å²) in [5, 5.41) is 2.79. The van der Waals surface area contributed by atoms with Gasteiger partial charge in [0.15, 0.2) is 21.3 Å². The molecule has 1 N–H and O–H groups in total. The maximum atomic E-state index is 12.2. The maximum Gasteiger partial charge on any atom is 0.224 e. The Bertz CT molecular complexity index is 705. The van der Waals surface area contributed by atoms with E-state index >= 15 is 0 Å². The van der Waals surface area contributed by atoms with Crippen molar-refractivity contribution in [2.75, 3.05) is 24.7 Å². The van der Waals surface area contributed by atoms with Crippen LogP contribution in [0, 0.1) is 0 Å². The minimum Gasteiger partial charge on any atom is -0.490 e. The molecule has 1 amide bonds. The second-order valence-electron chi connectivity index (χ2n) is 5.60. The Balaban J connectivity index is 2.08. The monoisotopic (exact) mass is 419 g/mol. The number of carbonyl (C=O) groups excluding carboxylic acids is 1. The smallest absolute Gasteiger partial charge is 0.224 e. The second kappa shape index (κ2) is 8.20. The highest BCUT2D eigenvalue weighted by Gasteiger charge is 2.29. The summed E-state index contributed by atoms with van der Waals surface area (Å²) in [6.07, 6.45) is 0.617. The van der Waals surface area contributed by atoms with Gasteiger partial charge in [0.2, 0.25) is 5.91 Å². The van der Waals surface area contributed by atoms with Crippen molar-refractivity contribution < 1.29 is 22.7 Å². The standard InChI is InChI=1S/C16H22BrNO5S/c1-3-22-14-7-11(13(17)9-15(14)23-4-2)8-16(19)18-12-5-6-24(20,21)10-12/h7,9,12H,3-6,8,10H2,1-2H3,(H,18,19). The van der Waals surface area contributed by atoms with Crippen LogP contribution < -0.4 is 14.8 Å². The summed E-state index contributed by atoms with van der Waals surface area (Å²) >= 11 is 3.45. The number of rotatable bonds is 7. The molecule has 0 aromatic heterocycles. The molecule has 0 bridgehead atoms. The van der Waals surface area contributed by atoms with Gasteiger partial charge >= 0.3 is 0 Å². The van der Waals surface area contributed by atoms with Gasteiger partial charge in [-0.2, -0.15) is 0 Å². The number of benzene rings is 1. The van der Waals surface area contributed by atoms with Crippen LogP contribution in [0.2, 0.25) is 0 Å². The summed E-state index contributed by atoms with van der Waals surface area (Å²) in [7, 11) is -3.01. The molecule has 2 rings (SSSR count). The zero-order valence-corrected chi connectivity index (χ0v) is 16.2. The fourth-order valence-electron chi connectivity index (χ4n) is 2.61. The molecule has 0 radical (unpaired) electrons. The van der Waals surface area contributed by atoms with Crippen LogP contribution in [0.1, 0.15) is 25.8 Å². The summed E-state index contributed by atoms with van der Waals surface area (Å²) in [5.74, 6) is 1.17. The molecule has 1 aromatic rings. The summed E-state index contributed by atoms with van der Waals surface area (Å²) in [6, 6.07) is 3.27. The van der Waals surface area contributed by atoms with Gasteiger partial charge in [0.25, 0.3) is 0 Å². The van der Waals surface area contributed by atoms with Crippen molar-refractivity contribution in [3.8, 4) is 11.5 Å². The number of nitrogens with one attached hydrogen (secondary N) is 1. The molecule has 0 saturated carbocycles. The van der Waals surface area contributed by atoms with Crippen LogP contribution >= 0.6 is 15.9 Å². The van der Waals surface area contributed by atoms with Crippen LogP contribution in [0.3, 0.4) is 0 Å². The van der Waals surface area contributed by atoms with E-state index in [0.29, 0.717) is 31.1 Å². The van der Waals surface area contributed by atoms with Gasteiger partial charge in [-0.3, -0.25) is 4.79 Å². The first kappa shape index (κ1) is 19.1. The van der Waals surface area contributed by atoms with E-state index < -0.39 is 9.84 Å². The molecular formula is C16H22BrNO5S. The second-order valence-corrected chi connectivity index (χ2v) is 8.68. The van der Waals surface area contributed by atoms with Gasteiger partial charge in [0.05, 0.1) is 31.1 Å². The summed E-state index contributed by atoms with van der Waals surface area (Å²) in [4.78, 5) is 12.2. The molecule has 1 atom stereocenters. The third-order valence-corrected chi connectivity index (χ3v) is 6.17. The molecule has 1 saturated heterocycles. The van der Waals surface area contributed by atoms with E-state index in [2.05, 4.69) is 21.2 Å². The molecule has 1 aliphatic rings. The van der Waals surface area contributed by atoms with Crippen molar-refractivity contribution in [1.29, 1.82) is 0 Å². The molecule has 1 aromatic carbocycles. The topological polar surface area (TPSA) is 81.7 Å². The van der Waals surface area contributed by atoms with E-state index in [0.717, 1.165) is 10.0 Å². The van der Waals surface area contributed by atoms with Crippen LogP contribution in [0.5, 0.6) is 11.5 Å². The molecule has 1 fully saturated rings. The van der Waals surface area contributed by atoms with Crippen LogP contribution in [0.15, 0.2) is 16.6 Å². The largest absolute Gasteiger partial charge is 0.490 e. The fourth-order valence-corrected chi connectivity index (χ4v) is 4.75. The van der Waals surface area contributed by atoms with E-state index in [1.165, 1.54) is 0 Å². The zero-order chi connectivity index (χ0) is 17.7. The highest BCUT2D eigenvalue weighted by Crippen LogP contribution is 2.34. The first-order valence-corrected chi connectivity index (χ1v) is 10.5. The van der Waals surface area contributed by atoms with Crippen LogP contribution in [-0.4, -0.2) is 45.1 Å². The normalized spacial score (nSPS) is 19.0. The Hall–Kier alpha value is -1.28. The summed E-state index contributed by atoms with van der Waals surface area (Å²) < 4.78 is 34.8. The minimum absolute atomic E-state index is 0.0212. The number of carbonyl (C=O) groups is 1. The van der Waals surface area contributed by atoms with Crippen molar-refractivity contribution in [1.82, 2.24) is 5.32 Å². The van der Waals surface area contributed by atoms with Crippen LogP contribution in [-0.2, 0) is 21.1 Å². The average Bonchev–Trinajstić information content (AvgIpc) is 2.83. The Morgan fingerprint density at radius 2 is 1.88 bits per heavy atom. The maximum absolute atomic E-state index is 12.2. The number of hydrogen-bond donors (Lipinski definition) is 1. The number of amides is 1. The predicted octanol–water partition coefficient (Wildman–Crippen LogP) is 2.09. The number of halogens is 1. The first-order chi connectivity index (χ1) is 11.3. The van der Waals surface area contributed by atoms with E-state index in [1.54, 1.807) is 12.1 Å². The summed E-state index contributed by atoms with van der Waals surface area (Å²) in [6.45, 7) is 4.78. The van der Waals surface area contributed by atoms with E-state index in [4.69, 9.17) is 9.47 Å². The molecule has 24 heavy (non-hydrogen) atoms. The Morgan fingerprint density at radius 1 is 1.25 bits per heavy atom. The summed E-state index contributed by atoms with van der Waals surface area (Å²) in [5.41, 5.74) is 0.764. The van der Waals surface area contributed by atoms with Gasteiger partial charge in [0, 0.05) is 10.5 Å². The van der Waals surface area contributed by atoms with Crippen molar-refractivity contribution >= 4 is 31.7 Å². The fraction of sp³-hybridized carbons (Fsp3) is 0.562. The van der Waals surface area contributed by atoms with Gasteiger partial charge in [-0.25, -0.2) is 8.42 Å². The Labute approximate surface area is 151 Å². The molecule has 8 heteroatoms. The number of ether oxygens (including phenoxy) is 2. The van der Waals surface area contributed by atoms with Crippen molar-refractivity contribution in [3.63, 3.8) is 0 Å². The molecule has 1 unspecified atom stereocenters. The molecule has 1 heterocycles. The molecule has 0 aliphatic carbocycles. The molecule has 1 aliphatic heterocycles. The van der Waals surface area contributed by atoms with E-state index in [-0.39, 0.29) is 29.9 Å². The van der Waals surface area contributed by atoms with E-state index in [9.17, 15) is 13.2 Å². The third kappa shape index (κ3) is 5.11. The van der Waals surface area contributed by atoms with Crippen molar-refractivity contribution in [3.05, 3.63) is 22.2 Å². The Kier molecular flexibility index (Phi) is 6.51. The Morgan fingerprint density at radius 3 is 2.42 bits per heavy atom. The molecule has 0 spiro atoms. The van der Waals surface area contributed by atoms with E-state index in [1.807, 2.05) is 13.8 Å². The van der Waals surface area contributed by atoms with Gasteiger partial charge in [-0.1, -0.05) is 15.9 Å². The van der Waals surface area contributed by atoms with Gasteiger partial charge in [0.1, 0.15) is 0 Å². The van der Waals surface area contributed by atoms with Gasteiger partial charge in [-0.15, -0.1) is 0 Å². The zero-order valence-electron chi connectivity index (χ0n) is 13.8. The minimum atomic E-state index is -3.01. The molecular weight excluding hydrogens is 398 g/mol. The predicted molar refractivity (Wildman–Crippen MR) is 95.4 cm³/mol. The average molecular weight is 420 g/mol. The number of sulfone groups is 1. The van der Waals surface area contributed by atoms with Crippen molar-refractivity contribution in [2.24, 2.45) is 0 Å². The highest BCUT2D eigenvalue weighted by atomic mass is 79.9. The van der Waals surface area contributed by atoms with Gasteiger partial charge < -0.3 is 14.8 Å². The quantitative estimate of drug-likeness (QED) is 0.731. The SMILES string of the molecule is CCOc1cc(Br)c(CC(=O)NC2CCS(=O)(=O)C2)cc1OCC. The lowest BCUT2D eigenvalue weighted by molar-refractivity contribution is -0.121. The van der Waals surface area contributed by atoms with Gasteiger partial charge in [-0.05, 0) is 38.0 Å². The van der Waals surface area contributed by atoms with Crippen LogP contribution in [0.4, 0.5) is 0 Å². The lowest BCUT2D eigenvalue weighted by Crippen LogP contribution is -2.36. The number of hydrogen-bond acceptors (Lipinski definition) is 5. The van der Waals surface area contributed by atoms with Crippen molar-refractivity contribution in [2.45, 2.75) is 32.7 Å². The molecule has 6 nitrogen and oxygen atoms in total. The highest BCUT2D eigenvalue weighted by molar-refractivity contribution is 9.10. The lowest BCUT2D eigenvalue weighted by atomic mass is 10.1. The first-order valence-electron chi connectivity index (χ1n) is 7.92.